The highest BCUT2D eigenvalue weighted by Gasteiger charge is 2.30. The molecule has 11 nitrogen and oxygen atoms in total. The molecule has 1 aromatic heterocycles. The lowest BCUT2D eigenvalue weighted by atomic mass is 10.0. The monoisotopic (exact) mass is 589 g/mol. The summed E-state index contributed by atoms with van der Waals surface area (Å²) in [5, 5.41) is 3.35. The van der Waals surface area contributed by atoms with E-state index in [0.29, 0.717) is 49.4 Å². The van der Waals surface area contributed by atoms with Crippen LogP contribution in [-0.2, 0) is 11.2 Å². The number of hydrogen-bond donors (Lipinski definition) is 2. The summed E-state index contributed by atoms with van der Waals surface area (Å²) in [6, 6.07) is 6.95. The number of anilines is 4. The second-order valence-electron chi connectivity index (χ2n) is 12.1. The number of nitrogens with one attached hydrogen (secondary N) is 1. The molecule has 1 aromatic carbocycles. The van der Waals surface area contributed by atoms with E-state index in [-0.39, 0.29) is 17.6 Å². The zero-order valence-corrected chi connectivity index (χ0v) is 26.2. The molecule has 4 heterocycles. The van der Waals surface area contributed by atoms with Gasteiger partial charge in [0, 0.05) is 82.4 Å². The van der Waals surface area contributed by atoms with Crippen molar-refractivity contribution in [3.8, 4) is 0 Å². The molecular formula is C32H47N9O2. The molecule has 0 saturated carbocycles. The first kappa shape index (κ1) is 30.7. The van der Waals surface area contributed by atoms with E-state index in [0.717, 1.165) is 31.9 Å². The van der Waals surface area contributed by atoms with Crippen molar-refractivity contribution >= 4 is 34.8 Å². The first-order chi connectivity index (χ1) is 20.7. The van der Waals surface area contributed by atoms with Crippen LogP contribution in [0.4, 0.5) is 23.0 Å². The number of likely N-dealkylation sites (N-methyl/N-ethyl adjacent to an activating group) is 1. The molecule has 0 spiro atoms. The minimum absolute atomic E-state index is 0.0141. The number of carbonyl (C=O) groups is 2. The molecule has 232 valence electrons. The number of piperidine rings is 1. The summed E-state index contributed by atoms with van der Waals surface area (Å²) in [7, 11) is 2.21. The third-order valence-corrected chi connectivity index (χ3v) is 9.22. The highest BCUT2D eigenvalue weighted by molar-refractivity contribution is 5.96. The van der Waals surface area contributed by atoms with Gasteiger partial charge in [-0.15, -0.1) is 0 Å². The Morgan fingerprint density at radius 3 is 2.37 bits per heavy atom. The SMILES string of the molecule is C=CC(=O)N1CCN(c2nc(Nc3ccc(N4CCC(N5CCN(C)CC5)CC4)c(C)c3)c(C(N)=O)nc2CC)C[C@H]1C. The van der Waals surface area contributed by atoms with E-state index in [1.807, 2.05) is 24.8 Å². The first-order valence-corrected chi connectivity index (χ1v) is 15.6. The predicted molar refractivity (Wildman–Crippen MR) is 172 cm³/mol. The fraction of sp³-hybridized carbons (Fsp3) is 0.562. The Morgan fingerprint density at radius 2 is 1.77 bits per heavy atom. The third kappa shape index (κ3) is 6.78. The van der Waals surface area contributed by atoms with Crippen LogP contribution in [0.5, 0.6) is 0 Å². The number of aryl methyl sites for hydroxylation is 2. The van der Waals surface area contributed by atoms with Crippen molar-refractivity contribution < 1.29 is 9.59 Å². The molecule has 3 N–H and O–H groups in total. The summed E-state index contributed by atoms with van der Waals surface area (Å²) in [4.78, 5) is 45.8. The Kier molecular flexibility index (Phi) is 9.51. The maximum atomic E-state index is 12.5. The molecule has 0 bridgehead atoms. The van der Waals surface area contributed by atoms with Crippen LogP contribution in [-0.4, -0.2) is 115 Å². The molecule has 3 saturated heterocycles. The zero-order valence-electron chi connectivity index (χ0n) is 26.2. The molecule has 1 atom stereocenters. The van der Waals surface area contributed by atoms with Crippen molar-refractivity contribution in [1.82, 2.24) is 24.7 Å². The van der Waals surface area contributed by atoms with Crippen molar-refractivity contribution in [3.05, 3.63) is 47.8 Å². The van der Waals surface area contributed by atoms with Crippen LogP contribution in [0.1, 0.15) is 48.4 Å². The van der Waals surface area contributed by atoms with E-state index in [2.05, 4.69) is 62.6 Å². The molecule has 0 radical (unpaired) electrons. The van der Waals surface area contributed by atoms with Crippen LogP contribution in [0.25, 0.3) is 0 Å². The van der Waals surface area contributed by atoms with Gasteiger partial charge in [-0.2, -0.15) is 0 Å². The van der Waals surface area contributed by atoms with Crippen LogP contribution in [0.2, 0.25) is 0 Å². The summed E-state index contributed by atoms with van der Waals surface area (Å²) in [5.41, 5.74) is 9.84. The molecule has 43 heavy (non-hydrogen) atoms. The fourth-order valence-electron chi connectivity index (χ4n) is 6.69. The van der Waals surface area contributed by atoms with Gasteiger partial charge in [0.2, 0.25) is 5.91 Å². The number of hydrogen-bond acceptors (Lipinski definition) is 9. The van der Waals surface area contributed by atoms with Gasteiger partial charge in [-0.3, -0.25) is 14.5 Å². The van der Waals surface area contributed by atoms with Gasteiger partial charge < -0.3 is 30.7 Å². The summed E-state index contributed by atoms with van der Waals surface area (Å²) >= 11 is 0. The third-order valence-electron chi connectivity index (χ3n) is 9.22. The highest BCUT2D eigenvalue weighted by Crippen LogP contribution is 2.31. The number of benzene rings is 1. The predicted octanol–water partition coefficient (Wildman–Crippen LogP) is 2.63. The number of nitrogens with zero attached hydrogens (tertiary/aromatic N) is 7. The Morgan fingerprint density at radius 1 is 1.05 bits per heavy atom. The van der Waals surface area contributed by atoms with Crippen molar-refractivity contribution in [2.45, 2.75) is 52.1 Å². The van der Waals surface area contributed by atoms with Crippen LogP contribution in [0, 0.1) is 6.92 Å². The quantitative estimate of drug-likeness (QED) is 0.449. The number of aromatic nitrogens is 2. The standard InChI is InChI=1S/C32H47N9O2/c1-6-26-32(40-18-19-41(23(4)21-40)28(42)7-2)36-31(29(35-26)30(33)43)34-24-8-9-27(22(3)20-24)39-12-10-25(11-13-39)38-16-14-37(5)15-17-38/h7-9,20,23,25H,2,6,10-19,21H2,1,3-5H3,(H2,33,43)(H,34,36)/t23-/m1/s1. The van der Waals surface area contributed by atoms with Gasteiger partial charge in [0.25, 0.3) is 5.91 Å². The minimum atomic E-state index is -0.623. The van der Waals surface area contributed by atoms with E-state index < -0.39 is 5.91 Å². The van der Waals surface area contributed by atoms with E-state index in [1.54, 1.807) is 0 Å². The zero-order chi connectivity index (χ0) is 30.7. The maximum absolute atomic E-state index is 12.5. The number of primary amides is 1. The first-order valence-electron chi connectivity index (χ1n) is 15.6. The topological polar surface area (TPSA) is 114 Å². The van der Waals surface area contributed by atoms with Gasteiger partial charge in [-0.05, 0) is 70.0 Å². The minimum Gasteiger partial charge on any atom is -0.371 e. The van der Waals surface area contributed by atoms with E-state index in [4.69, 9.17) is 10.7 Å². The van der Waals surface area contributed by atoms with Crippen LogP contribution in [0.15, 0.2) is 30.9 Å². The maximum Gasteiger partial charge on any atom is 0.271 e. The van der Waals surface area contributed by atoms with Gasteiger partial charge in [0.15, 0.2) is 17.3 Å². The molecule has 3 aliphatic heterocycles. The van der Waals surface area contributed by atoms with Crippen molar-refractivity contribution in [3.63, 3.8) is 0 Å². The number of rotatable bonds is 8. The second kappa shape index (κ2) is 13.3. The molecule has 2 aromatic rings. The highest BCUT2D eigenvalue weighted by atomic mass is 16.2. The molecule has 5 rings (SSSR count). The largest absolute Gasteiger partial charge is 0.371 e. The average Bonchev–Trinajstić information content (AvgIpc) is 3.01. The van der Waals surface area contributed by atoms with Crippen LogP contribution in [0.3, 0.4) is 0 Å². The molecule has 2 amide bonds. The average molecular weight is 590 g/mol. The van der Waals surface area contributed by atoms with Crippen molar-refractivity contribution in [2.75, 3.05) is 81.1 Å². The lowest BCUT2D eigenvalue weighted by Gasteiger charge is -2.43. The molecule has 0 unspecified atom stereocenters. The Balaban J connectivity index is 1.31. The van der Waals surface area contributed by atoms with Gasteiger partial charge in [0.05, 0.1) is 5.69 Å². The summed E-state index contributed by atoms with van der Waals surface area (Å²) in [6.45, 7) is 18.3. The molecular weight excluding hydrogens is 542 g/mol. The van der Waals surface area contributed by atoms with Gasteiger partial charge in [-0.25, -0.2) is 9.97 Å². The summed E-state index contributed by atoms with van der Waals surface area (Å²) < 4.78 is 0. The van der Waals surface area contributed by atoms with Crippen LogP contribution >= 0.6 is 0 Å². The van der Waals surface area contributed by atoms with Crippen molar-refractivity contribution in [1.29, 1.82) is 0 Å². The fourth-order valence-corrected chi connectivity index (χ4v) is 6.69. The van der Waals surface area contributed by atoms with E-state index in [9.17, 15) is 9.59 Å². The van der Waals surface area contributed by atoms with Gasteiger partial charge in [0.1, 0.15) is 0 Å². The van der Waals surface area contributed by atoms with Crippen molar-refractivity contribution in [2.24, 2.45) is 5.73 Å². The smallest absolute Gasteiger partial charge is 0.271 e. The Bertz CT molecular complexity index is 1330. The summed E-state index contributed by atoms with van der Waals surface area (Å²) in [6.07, 6.45) is 4.32. The number of nitrogens with two attached hydrogens (primary N) is 1. The summed E-state index contributed by atoms with van der Waals surface area (Å²) in [5.74, 6) is 0.363. The molecule has 3 fully saturated rings. The van der Waals surface area contributed by atoms with Gasteiger partial charge in [-0.1, -0.05) is 13.5 Å². The molecule has 11 heteroatoms. The number of carbonyl (C=O) groups excluding carboxylic acids is 2. The lowest BCUT2D eigenvalue weighted by molar-refractivity contribution is -0.128. The number of amides is 2. The van der Waals surface area contributed by atoms with Crippen LogP contribution < -0.4 is 20.9 Å². The van der Waals surface area contributed by atoms with Gasteiger partial charge >= 0.3 is 0 Å². The second-order valence-corrected chi connectivity index (χ2v) is 12.1. The van der Waals surface area contributed by atoms with E-state index in [1.165, 1.54) is 43.3 Å². The Labute approximate surface area is 255 Å². The Hall–Kier alpha value is -3.70. The van der Waals surface area contributed by atoms with E-state index >= 15 is 0 Å². The molecule has 3 aliphatic rings. The number of piperazine rings is 2. The normalized spacial score (nSPS) is 20.7. The lowest BCUT2D eigenvalue weighted by Crippen LogP contribution is -2.54. The molecule has 0 aliphatic carbocycles.